The Morgan fingerprint density at radius 3 is 2.16 bits per heavy atom. The van der Waals surface area contributed by atoms with Crippen LogP contribution in [0.25, 0.3) is 0 Å². The monoisotopic (exact) mass is 446 g/mol. The molecule has 0 unspecified atom stereocenters. The lowest BCUT2D eigenvalue weighted by Crippen LogP contribution is -2.27. The van der Waals surface area contributed by atoms with Crippen LogP contribution in [0, 0.1) is 4.77 Å². The maximum absolute atomic E-state index is 12.4. The molecule has 0 aliphatic carbocycles. The number of aryl methyl sites for hydroxylation is 1. The van der Waals surface area contributed by atoms with Crippen LogP contribution in [0.1, 0.15) is 90.4 Å². The molecular weight excluding hydrogens is 408 g/mol. The van der Waals surface area contributed by atoms with Gasteiger partial charge in [-0.15, -0.1) is 0 Å². The minimum Gasteiger partial charge on any atom is -0.507 e. The largest absolute Gasteiger partial charge is 0.507 e. The highest BCUT2D eigenvalue weighted by Gasteiger charge is 2.26. The number of nitrogens with one attached hydrogen (secondary N) is 2. The maximum atomic E-state index is 12.4. The predicted octanol–water partition coefficient (Wildman–Crippen LogP) is 5.11. The zero-order valence-corrected chi connectivity index (χ0v) is 21.0. The van der Waals surface area contributed by atoms with Gasteiger partial charge in [-0.05, 0) is 60.0 Å². The normalized spacial score (nSPS) is 12.4. The number of aromatic nitrogens is 3. The van der Waals surface area contributed by atoms with Gasteiger partial charge in [0.05, 0.1) is 0 Å². The van der Waals surface area contributed by atoms with Gasteiger partial charge in [-0.1, -0.05) is 53.7 Å². The van der Waals surface area contributed by atoms with Gasteiger partial charge in [-0.3, -0.25) is 9.89 Å². The number of amides is 1. The first-order valence-electron chi connectivity index (χ1n) is 11.0. The van der Waals surface area contributed by atoms with E-state index in [2.05, 4.69) is 70.9 Å². The van der Waals surface area contributed by atoms with Crippen LogP contribution in [-0.4, -0.2) is 32.3 Å². The Bertz CT molecular complexity index is 940. The van der Waals surface area contributed by atoms with Gasteiger partial charge in [0.2, 0.25) is 5.91 Å². The van der Waals surface area contributed by atoms with E-state index in [0.29, 0.717) is 36.3 Å². The summed E-state index contributed by atoms with van der Waals surface area (Å²) in [5.74, 6) is 1.23. The quantitative estimate of drug-likeness (QED) is 0.516. The number of hydrogen-bond donors (Lipinski definition) is 3. The molecule has 1 aromatic carbocycles. The highest BCUT2D eigenvalue weighted by atomic mass is 32.1. The van der Waals surface area contributed by atoms with Crippen molar-refractivity contribution in [3.05, 3.63) is 39.4 Å². The Morgan fingerprint density at radius 2 is 1.68 bits per heavy atom. The Hall–Kier alpha value is -2.15. The van der Waals surface area contributed by atoms with Gasteiger partial charge >= 0.3 is 0 Å². The first-order chi connectivity index (χ1) is 14.2. The number of hydrogen-bond acceptors (Lipinski definition) is 4. The molecule has 0 spiro atoms. The highest BCUT2D eigenvalue weighted by Crippen LogP contribution is 2.39. The third kappa shape index (κ3) is 6.42. The Labute approximate surface area is 191 Å². The van der Waals surface area contributed by atoms with E-state index in [1.807, 2.05) is 16.7 Å². The molecule has 0 atom stereocenters. The first kappa shape index (κ1) is 25.1. The number of aromatic hydroxyl groups is 1. The maximum Gasteiger partial charge on any atom is 0.220 e. The average molecular weight is 447 g/mol. The van der Waals surface area contributed by atoms with Gasteiger partial charge < -0.3 is 15.0 Å². The third-order valence-electron chi connectivity index (χ3n) is 5.39. The number of carbonyl (C=O) groups is 1. The fourth-order valence-electron chi connectivity index (χ4n) is 3.69. The summed E-state index contributed by atoms with van der Waals surface area (Å²) in [5.41, 5.74) is 2.56. The van der Waals surface area contributed by atoms with Gasteiger partial charge in [0.25, 0.3) is 0 Å². The molecule has 6 nitrogen and oxygen atoms in total. The molecule has 0 saturated heterocycles. The number of nitrogens with zero attached hydrogens (tertiary/aromatic N) is 2. The van der Waals surface area contributed by atoms with Crippen LogP contribution < -0.4 is 5.32 Å². The van der Waals surface area contributed by atoms with Gasteiger partial charge in [-0.25, -0.2) is 0 Å². The smallest absolute Gasteiger partial charge is 0.220 e. The molecule has 0 aliphatic heterocycles. The van der Waals surface area contributed by atoms with E-state index < -0.39 is 0 Å². The van der Waals surface area contributed by atoms with Gasteiger partial charge in [0.15, 0.2) is 4.77 Å². The average Bonchev–Trinajstić information content (AvgIpc) is 2.99. The van der Waals surface area contributed by atoms with Crippen molar-refractivity contribution >= 4 is 18.1 Å². The minimum absolute atomic E-state index is 0.00734. The van der Waals surface area contributed by atoms with Crippen LogP contribution in [0.4, 0.5) is 0 Å². The van der Waals surface area contributed by atoms with Crippen LogP contribution in [0.5, 0.6) is 5.75 Å². The number of H-pyrrole nitrogens is 1. The molecule has 2 rings (SSSR count). The number of carbonyl (C=O) groups excluding carboxylic acids is 1. The fraction of sp³-hybridized carbons (Fsp3) is 0.625. The molecule has 7 heteroatoms. The van der Waals surface area contributed by atoms with Gasteiger partial charge in [-0.2, -0.15) is 5.10 Å². The van der Waals surface area contributed by atoms with Crippen molar-refractivity contribution in [3.8, 4) is 5.75 Å². The molecule has 0 aliphatic rings. The lowest BCUT2D eigenvalue weighted by atomic mass is 9.78. The standard InChI is InChI=1S/C24H38N4O2S/c1-15(2)28-19(26-27-22(28)31)11-12-25-20(29)10-9-16-13-17(23(3,4)5)21(30)18(14-16)24(6,7)8/h13-15,30H,9-12H2,1-8H3,(H,25,29)(H,27,31). The van der Waals surface area contributed by atoms with Gasteiger partial charge in [0, 0.05) is 25.4 Å². The summed E-state index contributed by atoms with van der Waals surface area (Å²) in [6.45, 7) is 17.2. The molecule has 0 bridgehead atoms. The Balaban J connectivity index is 2.04. The second kappa shape index (κ2) is 9.55. The summed E-state index contributed by atoms with van der Waals surface area (Å²) in [4.78, 5) is 12.4. The number of aromatic amines is 1. The van der Waals surface area contributed by atoms with E-state index >= 15 is 0 Å². The van der Waals surface area contributed by atoms with Crippen molar-refractivity contribution in [2.45, 2.75) is 91.5 Å². The molecule has 172 valence electrons. The molecule has 0 radical (unpaired) electrons. The Kier molecular flexibility index (Phi) is 7.74. The van der Waals surface area contributed by atoms with Crippen molar-refractivity contribution in [2.24, 2.45) is 0 Å². The molecule has 0 fully saturated rings. The van der Waals surface area contributed by atoms with E-state index in [-0.39, 0.29) is 22.8 Å². The van der Waals surface area contributed by atoms with Crippen LogP contribution in [0.3, 0.4) is 0 Å². The zero-order chi connectivity index (χ0) is 23.6. The highest BCUT2D eigenvalue weighted by molar-refractivity contribution is 7.71. The first-order valence-corrected chi connectivity index (χ1v) is 11.4. The van der Waals surface area contributed by atoms with Crippen LogP contribution in [0.2, 0.25) is 0 Å². The van der Waals surface area contributed by atoms with E-state index in [1.165, 1.54) is 0 Å². The second-order valence-corrected chi connectivity index (χ2v) is 10.9. The summed E-state index contributed by atoms with van der Waals surface area (Å²) >= 11 is 5.27. The SMILES string of the molecule is CC(C)n1c(CCNC(=O)CCc2cc(C(C)(C)C)c(O)c(C(C)(C)C)c2)n[nH]c1=S. The molecule has 1 aromatic heterocycles. The molecule has 1 heterocycles. The van der Waals surface area contributed by atoms with Crippen molar-refractivity contribution < 1.29 is 9.90 Å². The predicted molar refractivity (Wildman–Crippen MR) is 128 cm³/mol. The third-order valence-corrected chi connectivity index (χ3v) is 5.68. The molecule has 31 heavy (non-hydrogen) atoms. The molecule has 0 saturated carbocycles. The van der Waals surface area contributed by atoms with E-state index in [0.717, 1.165) is 22.5 Å². The number of benzene rings is 1. The van der Waals surface area contributed by atoms with Crippen molar-refractivity contribution in [1.82, 2.24) is 20.1 Å². The lowest BCUT2D eigenvalue weighted by molar-refractivity contribution is -0.121. The number of rotatable bonds is 7. The second-order valence-electron chi connectivity index (χ2n) is 10.5. The number of phenols is 1. The van der Waals surface area contributed by atoms with Crippen LogP contribution >= 0.6 is 12.2 Å². The lowest BCUT2D eigenvalue weighted by Gasteiger charge is -2.28. The minimum atomic E-state index is -0.179. The summed E-state index contributed by atoms with van der Waals surface area (Å²) in [6.07, 6.45) is 1.65. The van der Waals surface area contributed by atoms with E-state index in [4.69, 9.17) is 12.2 Å². The molecule has 3 N–H and O–H groups in total. The molecule has 1 amide bonds. The summed E-state index contributed by atoms with van der Waals surface area (Å²) in [5, 5.41) is 20.9. The summed E-state index contributed by atoms with van der Waals surface area (Å²) < 4.78 is 2.58. The fourth-order valence-corrected chi connectivity index (χ4v) is 4.05. The topological polar surface area (TPSA) is 82.9 Å². The van der Waals surface area contributed by atoms with Crippen molar-refractivity contribution in [3.63, 3.8) is 0 Å². The zero-order valence-electron chi connectivity index (χ0n) is 20.2. The van der Waals surface area contributed by atoms with Crippen LogP contribution in [-0.2, 0) is 28.5 Å². The van der Waals surface area contributed by atoms with Crippen molar-refractivity contribution in [1.29, 1.82) is 0 Å². The summed E-state index contributed by atoms with van der Waals surface area (Å²) in [7, 11) is 0. The van der Waals surface area contributed by atoms with E-state index in [1.54, 1.807) is 0 Å². The Morgan fingerprint density at radius 1 is 1.13 bits per heavy atom. The van der Waals surface area contributed by atoms with Crippen LogP contribution in [0.15, 0.2) is 12.1 Å². The van der Waals surface area contributed by atoms with Crippen molar-refractivity contribution in [2.75, 3.05) is 6.54 Å². The molecular formula is C24H38N4O2S. The number of phenolic OH excluding ortho intramolecular Hbond substituents is 1. The van der Waals surface area contributed by atoms with Gasteiger partial charge in [0.1, 0.15) is 11.6 Å². The van der Waals surface area contributed by atoms with E-state index in [9.17, 15) is 9.90 Å². The summed E-state index contributed by atoms with van der Waals surface area (Å²) in [6, 6.07) is 4.30. The molecule has 2 aromatic rings.